The number of benzene rings is 2. The smallest absolute Gasteiger partial charge is 0.159 e. The number of nitrogens with one attached hydrogen (secondary N) is 1. The van der Waals surface area contributed by atoms with Gasteiger partial charge >= 0.3 is 0 Å². The van der Waals surface area contributed by atoms with Crippen molar-refractivity contribution in [1.82, 2.24) is 10.2 Å². The molecule has 0 unspecified atom stereocenters. The molecule has 1 heterocycles. The largest absolute Gasteiger partial charge is 0.352 e. The summed E-state index contributed by atoms with van der Waals surface area (Å²) >= 11 is 1.77. The van der Waals surface area contributed by atoms with E-state index in [2.05, 4.69) is 64.7 Å². The number of amidine groups is 1. The van der Waals surface area contributed by atoms with Crippen molar-refractivity contribution in [1.29, 1.82) is 0 Å². The third kappa shape index (κ3) is 3.08. The summed E-state index contributed by atoms with van der Waals surface area (Å²) in [6, 6.07) is 15.1. The first-order chi connectivity index (χ1) is 9.31. The highest BCUT2D eigenvalue weighted by molar-refractivity contribution is 8.13. The van der Waals surface area contributed by atoms with Gasteiger partial charge in [-0.25, -0.2) is 4.99 Å². The topological polar surface area (TPSA) is 27.6 Å². The van der Waals surface area contributed by atoms with E-state index in [1.165, 1.54) is 16.3 Å². The molecule has 0 fully saturated rings. The SMILES string of the molecule is CN1CN=C(SCc2ccc3ccccc3c2)NC1. The molecule has 2 aromatic rings. The zero-order valence-electron chi connectivity index (χ0n) is 11.0. The summed E-state index contributed by atoms with van der Waals surface area (Å²) in [5.41, 5.74) is 1.34. The monoisotopic (exact) mass is 271 g/mol. The molecule has 0 amide bonds. The normalized spacial score (nSPS) is 16.2. The predicted molar refractivity (Wildman–Crippen MR) is 83.3 cm³/mol. The van der Waals surface area contributed by atoms with E-state index in [1.807, 2.05) is 0 Å². The van der Waals surface area contributed by atoms with Crippen LogP contribution in [0, 0.1) is 0 Å². The highest BCUT2D eigenvalue weighted by Crippen LogP contribution is 2.20. The van der Waals surface area contributed by atoms with Crippen LogP contribution >= 0.6 is 11.8 Å². The van der Waals surface area contributed by atoms with Crippen LogP contribution in [0.2, 0.25) is 0 Å². The lowest BCUT2D eigenvalue weighted by Crippen LogP contribution is -2.39. The molecule has 0 radical (unpaired) electrons. The molecule has 1 aliphatic heterocycles. The second kappa shape index (κ2) is 5.63. The molecular weight excluding hydrogens is 254 g/mol. The van der Waals surface area contributed by atoms with Gasteiger partial charge < -0.3 is 5.32 Å². The van der Waals surface area contributed by atoms with Crippen molar-refractivity contribution < 1.29 is 0 Å². The number of hydrogen-bond acceptors (Lipinski definition) is 4. The van der Waals surface area contributed by atoms with Crippen LogP contribution in [0.5, 0.6) is 0 Å². The molecule has 4 heteroatoms. The summed E-state index contributed by atoms with van der Waals surface area (Å²) in [5.74, 6) is 0.959. The van der Waals surface area contributed by atoms with Gasteiger partial charge in [-0.3, -0.25) is 4.90 Å². The molecule has 1 N–H and O–H groups in total. The van der Waals surface area contributed by atoms with E-state index >= 15 is 0 Å². The lowest BCUT2D eigenvalue weighted by molar-refractivity contribution is 0.326. The van der Waals surface area contributed by atoms with Gasteiger partial charge in [0.1, 0.15) is 0 Å². The van der Waals surface area contributed by atoms with Crippen LogP contribution < -0.4 is 5.32 Å². The van der Waals surface area contributed by atoms with Crippen LogP contribution in [-0.2, 0) is 5.75 Å². The zero-order chi connectivity index (χ0) is 13.1. The Morgan fingerprint density at radius 1 is 1.21 bits per heavy atom. The molecular formula is C15H17N3S. The molecule has 0 spiro atoms. The van der Waals surface area contributed by atoms with Crippen molar-refractivity contribution in [3.63, 3.8) is 0 Å². The maximum atomic E-state index is 4.48. The summed E-state index contributed by atoms with van der Waals surface area (Å²) in [6.45, 7) is 1.66. The first-order valence-corrected chi connectivity index (χ1v) is 7.37. The molecule has 19 heavy (non-hydrogen) atoms. The highest BCUT2D eigenvalue weighted by Gasteiger charge is 2.08. The van der Waals surface area contributed by atoms with Crippen LogP contribution in [0.1, 0.15) is 5.56 Å². The summed E-state index contributed by atoms with van der Waals surface area (Å²) in [7, 11) is 2.06. The van der Waals surface area contributed by atoms with Crippen LogP contribution in [0.15, 0.2) is 47.5 Å². The number of thioether (sulfide) groups is 1. The van der Waals surface area contributed by atoms with Crippen LogP contribution in [-0.4, -0.2) is 30.5 Å². The highest BCUT2D eigenvalue weighted by atomic mass is 32.2. The third-order valence-corrected chi connectivity index (χ3v) is 4.17. The maximum absolute atomic E-state index is 4.48. The van der Waals surface area contributed by atoms with E-state index in [-0.39, 0.29) is 0 Å². The van der Waals surface area contributed by atoms with Gasteiger partial charge in [0.05, 0.1) is 13.3 Å². The van der Waals surface area contributed by atoms with Gasteiger partial charge in [0, 0.05) is 5.75 Å². The van der Waals surface area contributed by atoms with Gasteiger partial charge in [-0.1, -0.05) is 54.2 Å². The third-order valence-electron chi connectivity index (χ3n) is 3.15. The Hall–Kier alpha value is -1.52. The number of rotatable bonds is 2. The molecule has 98 valence electrons. The lowest BCUT2D eigenvalue weighted by Gasteiger charge is -2.22. The van der Waals surface area contributed by atoms with Gasteiger partial charge in [-0.15, -0.1) is 0 Å². The molecule has 0 atom stereocenters. The quantitative estimate of drug-likeness (QED) is 0.910. The van der Waals surface area contributed by atoms with Crippen molar-refractivity contribution in [2.24, 2.45) is 4.99 Å². The maximum Gasteiger partial charge on any atom is 0.159 e. The Labute approximate surface area is 117 Å². The summed E-state index contributed by atoms with van der Waals surface area (Å²) < 4.78 is 0. The van der Waals surface area contributed by atoms with Gasteiger partial charge in [-0.05, 0) is 23.4 Å². The van der Waals surface area contributed by atoms with E-state index in [1.54, 1.807) is 11.8 Å². The van der Waals surface area contributed by atoms with Crippen molar-refractivity contribution in [3.05, 3.63) is 48.0 Å². The Kier molecular flexibility index (Phi) is 3.71. The Bertz CT molecular complexity index is 609. The average molecular weight is 271 g/mol. The number of fused-ring (bicyclic) bond motifs is 1. The van der Waals surface area contributed by atoms with E-state index in [9.17, 15) is 0 Å². The minimum absolute atomic E-state index is 0.785. The molecule has 0 aromatic heterocycles. The molecule has 3 rings (SSSR count). The number of nitrogens with zero attached hydrogens (tertiary/aromatic N) is 2. The van der Waals surface area contributed by atoms with Gasteiger partial charge in [-0.2, -0.15) is 0 Å². The standard InChI is InChI=1S/C15H17N3S/c1-18-10-16-15(17-11-18)19-9-12-6-7-13-4-2-3-5-14(13)8-12/h2-8H,9-11H2,1H3,(H,16,17). The summed E-state index contributed by atoms with van der Waals surface area (Å²) in [5, 5.41) is 6.96. The molecule has 3 nitrogen and oxygen atoms in total. The second-order valence-corrected chi connectivity index (χ2v) is 5.73. The van der Waals surface area contributed by atoms with Gasteiger partial charge in [0.2, 0.25) is 0 Å². The predicted octanol–water partition coefficient (Wildman–Crippen LogP) is 2.88. The molecule has 0 saturated carbocycles. The number of hydrogen-bond donors (Lipinski definition) is 1. The minimum atomic E-state index is 0.785. The van der Waals surface area contributed by atoms with E-state index < -0.39 is 0 Å². The molecule has 0 saturated heterocycles. The first-order valence-electron chi connectivity index (χ1n) is 6.38. The minimum Gasteiger partial charge on any atom is -0.352 e. The fourth-order valence-corrected chi connectivity index (χ4v) is 2.87. The molecule has 0 bridgehead atoms. The van der Waals surface area contributed by atoms with Gasteiger partial charge in [0.15, 0.2) is 5.17 Å². The van der Waals surface area contributed by atoms with Crippen molar-refractivity contribution >= 4 is 27.7 Å². The van der Waals surface area contributed by atoms with Crippen molar-refractivity contribution in [2.75, 3.05) is 20.4 Å². The fraction of sp³-hybridized carbons (Fsp3) is 0.267. The molecule has 1 aliphatic rings. The van der Waals surface area contributed by atoms with Gasteiger partial charge in [0.25, 0.3) is 0 Å². The van der Waals surface area contributed by atoms with Crippen molar-refractivity contribution in [3.8, 4) is 0 Å². The Balaban J connectivity index is 1.68. The van der Waals surface area contributed by atoms with Crippen LogP contribution in [0.4, 0.5) is 0 Å². The lowest BCUT2D eigenvalue weighted by atomic mass is 10.1. The molecule has 2 aromatic carbocycles. The summed E-state index contributed by atoms with van der Waals surface area (Å²) in [6.07, 6.45) is 0. The van der Waals surface area contributed by atoms with E-state index in [0.29, 0.717) is 0 Å². The fourth-order valence-electron chi connectivity index (χ4n) is 2.07. The summed E-state index contributed by atoms with van der Waals surface area (Å²) in [4.78, 5) is 6.62. The van der Waals surface area contributed by atoms with Crippen LogP contribution in [0.3, 0.4) is 0 Å². The van der Waals surface area contributed by atoms with Crippen LogP contribution in [0.25, 0.3) is 10.8 Å². The second-order valence-electron chi connectivity index (χ2n) is 4.77. The average Bonchev–Trinajstić information content (AvgIpc) is 2.46. The first kappa shape index (κ1) is 12.5. The zero-order valence-corrected chi connectivity index (χ0v) is 11.8. The van der Waals surface area contributed by atoms with Crippen molar-refractivity contribution in [2.45, 2.75) is 5.75 Å². The van der Waals surface area contributed by atoms with E-state index in [4.69, 9.17) is 0 Å². The number of aliphatic imine (C=N–C) groups is 1. The molecule has 0 aliphatic carbocycles. The Morgan fingerprint density at radius 2 is 2.05 bits per heavy atom. The van der Waals surface area contributed by atoms with E-state index in [0.717, 1.165) is 24.3 Å². The Morgan fingerprint density at radius 3 is 2.84 bits per heavy atom.